The number of piperidine rings is 1. The Bertz CT molecular complexity index is 887. The summed E-state index contributed by atoms with van der Waals surface area (Å²) in [4.78, 5) is 7.34. The van der Waals surface area contributed by atoms with Gasteiger partial charge in [0.2, 0.25) is 5.95 Å². The van der Waals surface area contributed by atoms with Crippen LogP contribution in [0.4, 0.5) is 5.95 Å². The molecule has 0 bridgehead atoms. The molecule has 0 amide bonds. The topological polar surface area (TPSA) is 58.9 Å². The molecule has 1 aliphatic heterocycles. The number of anilines is 1. The standard InChI is InChI=1S/C20H28N6/c1-3-15-9-6-7-13-26(15)14-8-12-21-20-22-19-18(23-24-20)16-10-4-5-11-17(16)25(19)2/h4-5,10-11,15H,3,6-9,12-14H2,1-2H3,(H,21,22,24). The lowest BCUT2D eigenvalue weighted by molar-refractivity contribution is 0.144. The van der Waals surface area contributed by atoms with E-state index in [1.54, 1.807) is 0 Å². The second-order valence-electron chi connectivity index (χ2n) is 7.26. The molecule has 3 aromatic rings. The van der Waals surface area contributed by atoms with Gasteiger partial charge in [0.05, 0.1) is 5.52 Å². The average Bonchev–Trinajstić information content (AvgIpc) is 2.98. The van der Waals surface area contributed by atoms with Crippen LogP contribution >= 0.6 is 0 Å². The largest absolute Gasteiger partial charge is 0.353 e. The van der Waals surface area contributed by atoms with Crippen LogP contribution in [0.1, 0.15) is 39.0 Å². The Morgan fingerprint density at radius 3 is 2.96 bits per heavy atom. The summed E-state index contributed by atoms with van der Waals surface area (Å²) in [6.07, 6.45) is 6.45. The Balaban J connectivity index is 1.40. The number of likely N-dealkylation sites (tertiary alicyclic amines) is 1. The van der Waals surface area contributed by atoms with Crippen LogP contribution in [0, 0.1) is 0 Å². The van der Waals surface area contributed by atoms with Crippen molar-refractivity contribution in [3.05, 3.63) is 24.3 Å². The quantitative estimate of drug-likeness (QED) is 0.687. The van der Waals surface area contributed by atoms with Gasteiger partial charge in [0.15, 0.2) is 5.65 Å². The van der Waals surface area contributed by atoms with E-state index < -0.39 is 0 Å². The van der Waals surface area contributed by atoms with E-state index in [0.29, 0.717) is 5.95 Å². The fourth-order valence-corrected chi connectivity index (χ4v) is 4.18. The molecule has 26 heavy (non-hydrogen) atoms. The zero-order valence-electron chi connectivity index (χ0n) is 15.8. The van der Waals surface area contributed by atoms with Gasteiger partial charge in [-0.3, -0.25) is 0 Å². The molecule has 6 nitrogen and oxygen atoms in total. The van der Waals surface area contributed by atoms with Crippen LogP contribution < -0.4 is 5.32 Å². The zero-order chi connectivity index (χ0) is 17.9. The molecule has 1 fully saturated rings. The second kappa shape index (κ2) is 7.58. The number of nitrogens with one attached hydrogen (secondary N) is 1. The van der Waals surface area contributed by atoms with E-state index in [4.69, 9.17) is 4.98 Å². The molecule has 0 saturated carbocycles. The number of benzene rings is 1. The summed E-state index contributed by atoms with van der Waals surface area (Å²) in [5.41, 5.74) is 2.88. The molecule has 1 aliphatic rings. The maximum Gasteiger partial charge on any atom is 0.244 e. The third-order valence-electron chi connectivity index (χ3n) is 5.63. The molecule has 2 aromatic heterocycles. The lowest BCUT2D eigenvalue weighted by atomic mass is 10.00. The molecular weight excluding hydrogens is 324 g/mol. The molecule has 0 aliphatic carbocycles. The highest BCUT2D eigenvalue weighted by molar-refractivity contribution is 6.04. The third-order valence-corrected chi connectivity index (χ3v) is 5.63. The number of para-hydroxylation sites is 1. The van der Waals surface area contributed by atoms with Gasteiger partial charge in [0, 0.05) is 31.6 Å². The van der Waals surface area contributed by atoms with Gasteiger partial charge in [0.25, 0.3) is 0 Å². The maximum absolute atomic E-state index is 4.69. The Morgan fingerprint density at radius 1 is 1.19 bits per heavy atom. The third kappa shape index (κ3) is 3.26. The van der Waals surface area contributed by atoms with E-state index in [-0.39, 0.29) is 0 Å². The van der Waals surface area contributed by atoms with E-state index in [1.807, 2.05) is 19.2 Å². The van der Waals surface area contributed by atoms with Crippen molar-refractivity contribution in [2.24, 2.45) is 7.05 Å². The van der Waals surface area contributed by atoms with Crippen LogP contribution in [-0.2, 0) is 7.05 Å². The number of hydrogen-bond donors (Lipinski definition) is 1. The Kier molecular flexibility index (Phi) is 5.02. The summed E-state index contributed by atoms with van der Waals surface area (Å²) >= 11 is 0. The number of rotatable bonds is 6. The van der Waals surface area contributed by atoms with Gasteiger partial charge in [-0.05, 0) is 38.3 Å². The Hall–Kier alpha value is -2.21. The number of nitrogens with zero attached hydrogens (tertiary/aromatic N) is 5. The number of aromatic nitrogens is 4. The monoisotopic (exact) mass is 352 g/mol. The Labute approximate surface area is 154 Å². The summed E-state index contributed by atoms with van der Waals surface area (Å²) in [5, 5.41) is 13.2. The molecule has 0 radical (unpaired) electrons. The van der Waals surface area contributed by atoms with Gasteiger partial charge in [-0.25, -0.2) is 0 Å². The molecule has 1 aromatic carbocycles. The number of aryl methyl sites for hydroxylation is 1. The first-order valence-electron chi connectivity index (χ1n) is 9.83. The number of hydrogen-bond acceptors (Lipinski definition) is 5. The first-order chi connectivity index (χ1) is 12.8. The van der Waals surface area contributed by atoms with E-state index in [9.17, 15) is 0 Å². The summed E-state index contributed by atoms with van der Waals surface area (Å²) in [7, 11) is 2.03. The van der Waals surface area contributed by atoms with Crippen LogP contribution in [-0.4, -0.2) is 50.3 Å². The van der Waals surface area contributed by atoms with Crippen LogP contribution in [0.25, 0.3) is 22.1 Å². The van der Waals surface area contributed by atoms with Crippen molar-refractivity contribution in [1.29, 1.82) is 0 Å². The second-order valence-corrected chi connectivity index (χ2v) is 7.26. The summed E-state index contributed by atoms with van der Waals surface area (Å²) < 4.78 is 2.09. The Morgan fingerprint density at radius 2 is 2.08 bits per heavy atom. The smallest absolute Gasteiger partial charge is 0.244 e. The van der Waals surface area contributed by atoms with Crippen LogP contribution in [0.15, 0.2) is 24.3 Å². The minimum Gasteiger partial charge on any atom is -0.353 e. The fourth-order valence-electron chi connectivity index (χ4n) is 4.18. The lowest BCUT2D eigenvalue weighted by Crippen LogP contribution is -2.40. The van der Waals surface area contributed by atoms with Gasteiger partial charge < -0.3 is 14.8 Å². The maximum atomic E-state index is 4.69. The van der Waals surface area contributed by atoms with Crippen molar-refractivity contribution in [2.75, 3.05) is 25.0 Å². The molecule has 1 unspecified atom stereocenters. The van der Waals surface area contributed by atoms with Gasteiger partial charge >= 0.3 is 0 Å². The minimum absolute atomic E-state index is 0.620. The van der Waals surface area contributed by atoms with Crippen molar-refractivity contribution in [3.8, 4) is 0 Å². The molecule has 4 rings (SSSR count). The molecule has 1 N–H and O–H groups in total. The van der Waals surface area contributed by atoms with E-state index in [1.165, 1.54) is 32.2 Å². The highest BCUT2D eigenvalue weighted by atomic mass is 15.3. The van der Waals surface area contributed by atoms with Crippen LogP contribution in [0.5, 0.6) is 0 Å². The normalized spacial score (nSPS) is 18.6. The van der Waals surface area contributed by atoms with Crippen molar-refractivity contribution < 1.29 is 0 Å². The minimum atomic E-state index is 0.620. The molecule has 6 heteroatoms. The van der Waals surface area contributed by atoms with E-state index in [0.717, 1.165) is 47.6 Å². The van der Waals surface area contributed by atoms with Crippen molar-refractivity contribution in [3.63, 3.8) is 0 Å². The van der Waals surface area contributed by atoms with Crippen molar-refractivity contribution >= 4 is 28.0 Å². The molecule has 3 heterocycles. The molecular formula is C20H28N6. The number of fused-ring (bicyclic) bond motifs is 3. The van der Waals surface area contributed by atoms with Gasteiger partial charge in [-0.2, -0.15) is 4.98 Å². The SMILES string of the molecule is CCC1CCCCN1CCCNc1nnc2c3ccccc3n(C)c2n1. The molecule has 138 valence electrons. The predicted molar refractivity (Wildman–Crippen MR) is 106 cm³/mol. The predicted octanol–water partition coefficient (Wildman–Crippen LogP) is 3.58. The zero-order valence-corrected chi connectivity index (χ0v) is 15.8. The highest BCUT2D eigenvalue weighted by Gasteiger charge is 2.19. The lowest BCUT2D eigenvalue weighted by Gasteiger charge is -2.35. The summed E-state index contributed by atoms with van der Waals surface area (Å²) in [5.74, 6) is 0.620. The summed E-state index contributed by atoms with van der Waals surface area (Å²) in [6, 6.07) is 9.00. The van der Waals surface area contributed by atoms with Crippen LogP contribution in [0.3, 0.4) is 0 Å². The van der Waals surface area contributed by atoms with E-state index in [2.05, 4.69) is 44.0 Å². The fraction of sp³-hybridized carbons (Fsp3) is 0.550. The highest BCUT2D eigenvalue weighted by Crippen LogP contribution is 2.25. The molecule has 0 spiro atoms. The first-order valence-corrected chi connectivity index (χ1v) is 9.83. The first kappa shape index (κ1) is 17.2. The van der Waals surface area contributed by atoms with Crippen molar-refractivity contribution in [1.82, 2.24) is 24.6 Å². The molecule has 1 saturated heterocycles. The molecule has 1 atom stereocenters. The van der Waals surface area contributed by atoms with Gasteiger partial charge in [0.1, 0.15) is 5.52 Å². The van der Waals surface area contributed by atoms with Gasteiger partial charge in [-0.1, -0.05) is 31.5 Å². The van der Waals surface area contributed by atoms with E-state index >= 15 is 0 Å². The van der Waals surface area contributed by atoms with Crippen molar-refractivity contribution in [2.45, 2.75) is 45.1 Å². The van der Waals surface area contributed by atoms with Gasteiger partial charge in [-0.15, -0.1) is 10.2 Å². The summed E-state index contributed by atoms with van der Waals surface area (Å²) in [6.45, 7) is 5.58. The van der Waals surface area contributed by atoms with Crippen LogP contribution in [0.2, 0.25) is 0 Å². The average molecular weight is 352 g/mol.